The second kappa shape index (κ2) is 4.70. The first-order valence-corrected chi connectivity index (χ1v) is 7.32. The van der Waals surface area contributed by atoms with E-state index < -0.39 is 0 Å². The molecule has 3 fully saturated rings. The highest BCUT2D eigenvalue weighted by atomic mass is 19.1. The van der Waals surface area contributed by atoms with Gasteiger partial charge in [0.05, 0.1) is 12.2 Å². The summed E-state index contributed by atoms with van der Waals surface area (Å²) in [6.07, 6.45) is 6.58. The lowest BCUT2D eigenvalue weighted by Gasteiger charge is -2.44. The van der Waals surface area contributed by atoms with Crippen LogP contribution in [0.15, 0.2) is 36.7 Å². The Morgan fingerprint density at radius 2 is 1.80 bits per heavy atom. The molecule has 0 radical (unpaired) electrons. The van der Waals surface area contributed by atoms with Gasteiger partial charge in [0.2, 0.25) is 0 Å². The summed E-state index contributed by atoms with van der Waals surface area (Å²) in [5, 5.41) is 4.55. The zero-order valence-electron chi connectivity index (χ0n) is 11.4. The third kappa shape index (κ3) is 2.04. The van der Waals surface area contributed by atoms with Crippen LogP contribution >= 0.6 is 0 Å². The summed E-state index contributed by atoms with van der Waals surface area (Å²) in [6, 6.07) is 7.13. The Labute approximate surface area is 118 Å². The van der Waals surface area contributed by atoms with Crippen LogP contribution in [0.4, 0.5) is 4.39 Å². The molecule has 5 rings (SSSR count). The van der Waals surface area contributed by atoms with E-state index in [4.69, 9.17) is 0 Å². The lowest BCUT2D eigenvalue weighted by atomic mass is 9.84. The van der Waals surface area contributed by atoms with E-state index in [0.29, 0.717) is 6.04 Å². The van der Waals surface area contributed by atoms with Gasteiger partial charge in [-0.2, -0.15) is 5.10 Å². The number of hydrogen-bond acceptors (Lipinski definition) is 2. The smallest absolute Gasteiger partial charge is 0.123 e. The van der Waals surface area contributed by atoms with Crippen LogP contribution in [0, 0.1) is 11.7 Å². The van der Waals surface area contributed by atoms with Crippen molar-refractivity contribution in [3.63, 3.8) is 0 Å². The van der Waals surface area contributed by atoms with Gasteiger partial charge in [0.25, 0.3) is 0 Å². The summed E-state index contributed by atoms with van der Waals surface area (Å²) in [7, 11) is 0. The van der Waals surface area contributed by atoms with Crippen LogP contribution in [0.3, 0.4) is 0 Å². The number of halogens is 1. The van der Waals surface area contributed by atoms with E-state index in [2.05, 4.69) is 20.9 Å². The summed E-state index contributed by atoms with van der Waals surface area (Å²) >= 11 is 0. The number of hydrogen-bond donors (Lipinski definition) is 0. The zero-order valence-corrected chi connectivity index (χ0v) is 11.4. The van der Waals surface area contributed by atoms with Crippen molar-refractivity contribution in [1.29, 1.82) is 0 Å². The summed E-state index contributed by atoms with van der Waals surface area (Å²) < 4.78 is 15.1. The van der Waals surface area contributed by atoms with Gasteiger partial charge in [-0.1, -0.05) is 12.1 Å². The normalized spacial score (nSPS) is 28.8. The van der Waals surface area contributed by atoms with E-state index in [1.54, 1.807) is 0 Å². The van der Waals surface area contributed by atoms with E-state index in [1.807, 2.05) is 18.3 Å². The lowest BCUT2D eigenvalue weighted by molar-refractivity contribution is 0.0513. The molecule has 2 aromatic rings. The molecule has 4 heteroatoms. The molecule has 1 atom stereocenters. The Balaban J connectivity index is 1.60. The van der Waals surface area contributed by atoms with Crippen molar-refractivity contribution in [3.05, 3.63) is 42.5 Å². The molecule has 20 heavy (non-hydrogen) atoms. The molecule has 0 saturated carbocycles. The first-order chi connectivity index (χ1) is 9.79. The van der Waals surface area contributed by atoms with Gasteiger partial charge < -0.3 is 4.90 Å². The summed E-state index contributed by atoms with van der Waals surface area (Å²) in [5.41, 5.74) is 2.10. The topological polar surface area (TPSA) is 21.1 Å². The fourth-order valence-corrected chi connectivity index (χ4v) is 3.54. The van der Waals surface area contributed by atoms with Crippen LogP contribution in [0.1, 0.15) is 18.9 Å². The molecule has 1 aromatic carbocycles. The SMILES string of the molecule is Fc1ccc(-c2cnn(C3CN4CCC3CC4)c2)cc1. The summed E-state index contributed by atoms with van der Waals surface area (Å²) in [6.45, 7) is 3.61. The van der Waals surface area contributed by atoms with E-state index >= 15 is 0 Å². The molecule has 3 saturated heterocycles. The van der Waals surface area contributed by atoms with Crippen molar-refractivity contribution in [3.8, 4) is 11.1 Å². The third-order valence-corrected chi connectivity index (χ3v) is 4.74. The molecule has 3 aliphatic heterocycles. The van der Waals surface area contributed by atoms with Crippen molar-refractivity contribution in [2.24, 2.45) is 5.92 Å². The fourth-order valence-electron chi connectivity index (χ4n) is 3.54. The van der Waals surface area contributed by atoms with Crippen LogP contribution in [-0.4, -0.2) is 34.3 Å². The molecule has 104 valence electrons. The van der Waals surface area contributed by atoms with Crippen LogP contribution < -0.4 is 0 Å². The van der Waals surface area contributed by atoms with Gasteiger partial charge in [0.15, 0.2) is 0 Å². The Hall–Kier alpha value is -1.68. The first-order valence-electron chi connectivity index (χ1n) is 7.32. The van der Waals surface area contributed by atoms with Crippen molar-refractivity contribution >= 4 is 0 Å². The maximum Gasteiger partial charge on any atom is 0.123 e. The van der Waals surface area contributed by atoms with Gasteiger partial charge in [-0.25, -0.2) is 4.39 Å². The molecular weight excluding hydrogens is 253 g/mol. The van der Waals surface area contributed by atoms with E-state index in [1.165, 1.54) is 38.1 Å². The number of piperidine rings is 3. The second-order valence-electron chi connectivity index (χ2n) is 5.92. The average Bonchev–Trinajstić information content (AvgIpc) is 2.99. The molecule has 4 heterocycles. The minimum Gasteiger partial charge on any atom is -0.301 e. The molecule has 3 nitrogen and oxygen atoms in total. The van der Waals surface area contributed by atoms with Gasteiger partial charge >= 0.3 is 0 Å². The number of rotatable bonds is 2. The van der Waals surface area contributed by atoms with Gasteiger partial charge in [-0.05, 0) is 49.5 Å². The molecule has 0 amide bonds. The van der Waals surface area contributed by atoms with Gasteiger partial charge in [0, 0.05) is 18.3 Å². The van der Waals surface area contributed by atoms with E-state index in [9.17, 15) is 4.39 Å². The fraction of sp³-hybridized carbons (Fsp3) is 0.438. The first kappa shape index (κ1) is 12.1. The maximum absolute atomic E-state index is 13.0. The molecular formula is C16H18FN3. The predicted octanol–water partition coefficient (Wildman–Crippen LogP) is 2.96. The van der Waals surface area contributed by atoms with E-state index in [-0.39, 0.29) is 5.82 Å². The number of aromatic nitrogens is 2. The Morgan fingerprint density at radius 3 is 2.45 bits per heavy atom. The number of benzene rings is 1. The van der Waals surface area contributed by atoms with E-state index in [0.717, 1.165) is 23.6 Å². The number of fused-ring (bicyclic) bond motifs is 3. The predicted molar refractivity (Wildman–Crippen MR) is 75.8 cm³/mol. The molecule has 1 aromatic heterocycles. The minimum absolute atomic E-state index is 0.196. The molecule has 3 aliphatic rings. The van der Waals surface area contributed by atoms with Crippen molar-refractivity contribution in [2.75, 3.05) is 19.6 Å². The number of nitrogens with zero attached hydrogens (tertiary/aromatic N) is 3. The third-order valence-electron chi connectivity index (χ3n) is 4.74. The second-order valence-corrected chi connectivity index (χ2v) is 5.92. The highest BCUT2D eigenvalue weighted by Gasteiger charge is 2.35. The average molecular weight is 271 g/mol. The molecule has 0 aliphatic carbocycles. The Bertz CT molecular complexity index is 596. The monoisotopic (exact) mass is 271 g/mol. The molecule has 0 N–H and O–H groups in total. The van der Waals surface area contributed by atoms with Gasteiger partial charge in [-0.3, -0.25) is 4.68 Å². The summed E-state index contributed by atoms with van der Waals surface area (Å²) in [5.74, 6) is 0.569. The van der Waals surface area contributed by atoms with Crippen molar-refractivity contribution < 1.29 is 4.39 Å². The lowest BCUT2D eigenvalue weighted by Crippen LogP contribution is -2.48. The Morgan fingerprint density at radius 1 is 1.05 bits per heavy atom. The molecule has 0 spiro atoms. The van der Waals surface area contributed by atoms with Crippen LogP contribution in [0.5, 0.6) is 0 Å². The quantitative estimate of drug-likeness (QED) is 0.837. The largest absolute Gasteiger partial charge is 0.301 e. The van der Waals surface area contributed by atoms with Crippen molar-refractivity contribution in [1.82, 2.24) is 14.7 Å². The standard InChI is InChI=1S/C16H18FN3/c17-15-3-1-12(2-4-15)14-9-18-20(10-14)16-11-19-7-5-13(16)6-8-19/h1-4,9-10,13,16H,5-8,11H2. The van der Waals surface area contributed by atoms with Crippen LogP contribution in [0.25, 0.3) is 11.1 Å². The minimum atomic E-state index is -0.196. The highest BCUT2D eigenvalue weighted by molar-refractivity contribution is 5.61. The highest BCUT2D eigenvalue weighted by Crippen LogP contribution is 2.35. The van der Waals surface area contributed by atoms with Crippen LogP contribution in [-0.2, 0) is 0 Å². The van der Waals surface area contributed by atoms with Gasteiger partial charge in [0.1, 0.15) is 5.82 Å². The van der Waals surface area contributed by atoms with Gasteiger partial charge in [-0.15, -0.1) is 0 Å². The molecule has 1 unspecified atom stereocenters. The van der Waals surface area contributed by atoms with Crippen LogP contribution in [0.2, 0.25) is 0 Å². The van der Waals surface area contributed by atoms with Crippen molar-refractivity contribution in [2.45, 2.75) is 18.9 Å². The summed E-state index contributed by atoms with van der Waals surface area (Å²) in [4.78, 5) is 2.53. The molecule has 2 bridgehead atoms. The Kier molecular flexibility index (Phi) is 2.84. The zero-order chi connectivity index (χ0) is 13.5. The maximum atomic E-state index is 13.0.